The van der Waals surface area contributed by atoms with Gasteiger partial charge < -0.3 is 10.5 Å². The smallest absolute Gasteiger partial charge is 0.202 e. The molecule has 0 spiro atoms. The van der Waals surface area contributed by atoms with Crippen LogP contribution in [-0.2, 0) is 0 Å². The number of rotatable bonds is 5. The predicted octanol–water partition coefficient (Wildman–Crippen LogP) is 2.60. The minimum atomic E-state index is 0.507. The summed E-state index contributed by atoms with van der Waals surface area (Å²) in [5.41, 5.74) is 6.64. The van der Waals surface area contributed by atoms with Crippen LogP contribution >= 0.6 is 23.3 Å². The average molecular weight is 267 g/mol. The lowest BCUT2D eigenvalue weighted by atomic mass is 10.2. The molecule has 0 atom stereocenters. The van der Waals surface area contributed by atoms with Gasteiger partial charge in [0.05, 0.1) is 6.61 Å². The molecule has 0 unspecified atom stereocenters. The second kappa shape index (κ2) is 5.88. The minimum absolute atomic E-state index is 0.507. The zero-order chi connectivity index (χ0) is 12.1. The van der Waals surface area contributed by atoms with Gasteiger partial charge in [-0.3, -0.25) is 0 Å². The van der Waals surface area contributed by atoms with E-state index in [2.05, 4.69) is 9.36 Å². The Morgan fingerprint density at radius 3 is 2.94 bits per heavy atom. The van der Waals surface area contributed by atoms with Crippen LogP contribution in [0.2, 0.25) is 0 Å². The van der Waals surface area contributed by atoms with Crippen LogP contribution in [0, 0.1) is 6.92 Å². The first kappa shape index (κ1) is 12.2. The monoisotopic (exact) mass is 267 g/mol. The Morgan fingerprint density at radius 1 is 1.41 bits per heavy atom. The molecule has 2 rings (SSSR count). The van der Waals surface area contributed by atoms with Crippen molar-refractivity contribution in [2.24, 2.45) is 0 Å². The number of nitrogens with zero attached hydrogens (tertiary/aromatic N) is 2. The predicted molar refractivity (Wildman–Crippen MR) is 71.7 cm³/mol. The summed E-state index contributed by atoms with van der Waals surface area (Å²) in [6, 6.07) is 7.97. The maximum Gasteiger partial charge on any atom is 0.202 e. The van der Waals surface area contributed by atoms with Crippen molar-refractivity contribution >= 4 is 28.4 Å². The summed E-state index contributed by atoms with van der Waals surface area (Å²) in [6.07, 6.45) is 0. The van der Waals surface area contributed by atoms with E-state index in [-0.39, 0.29) is 0 Å². The zero-order valence-electron chi connectivity index (χ0n) is 9.42. The zero-order valence-corrected chi connectivity index (χ0v) is 11.1. The van der Waals surface area contributed by atoms with E-state index in [0.717, 1.165) is 22.2 Å². The fourth-order valence-electron chi connectivity index (χ4n) is 1.28. The molecule has 0 bridgehead atoms. The van der Waals surface area contributed by atoms with Crippen molar-refractivity contribution in [3.63, 3.8) is 0 Å². The van der Waals surface area contributed by atoms with E-state index in [9.17, 15) is 0 Å². The molecule has 1 aromatic carbocycles. The first-order valence-corrected chi connectivity index (χ1v) is 6.92. The van der Waals surface area contributed by atoms with E-state index in [1.54, 1.807) is 11.8 Å². The van der Waals surface area contributed by atoms with Crippen molar-refractivity contribution in [3.05, 3.63) is 29.8 Å². The lowest BCUT2D eigenvalue weighted by Gasteiger charge is -2.07. The molecule has 0 saturated carbocycles. The quantitative estimate of drug-likeness (QED) is 0.666. The summed E-state index contributed by atoms with van der Waals surface area (Å²) < 4.78 is 9.75. The van der Waals surface area contributed by atoms with E-state index in [4.69, 9.17) is 10.5 Å². The maximum atomic E-state index is 5.66. The molecule has 90 valence electrons. The van der Waals surface area contributed by atoms with E-state index in [1.807, 2.05) is 31.2 Å². The summed E-state index contributed by atoms with van der Waals surface area (Å²) in [6.45, 7) is 2.67. The van der Waals surface area contributed by atoms with Crippen molar-refractivity contribution in [1.82, 2.24) is 9.36 Å². The second-order valence-corrected chi connectivity index (χ2v) is 5.22. The highest BCUT2D eigenvalue weighted by Gasteiger charge is 2.02. The Kier molecular flexibility index (Phi) is 4.22. The summed E-state index contributed by atoms with van der Waals surface area (Å²) >= 11 is 2.77. The van der Waals surface area contributed by atoms with Crippen LogP contribution in [0.3, 0.4) is 0 Å². The molecule has 2 aromatic rings. The molecular weight excluding hydrogens is 254 g/mol. The van der Waals surface area contributed by atoms with Crippen LogP contribution in [0.4, 0.5) is 5.13 Å². The number of anilines is 1. The van der Waals surface area contributed by atoms with Gasteiger partial charge in [0.2, 0.25) is 10.3 Å². The second-order valence-electron chi connectivity index (χ2n) is 3.38. The standard InChI is InChI=1S/C11H13N3OS2/c1-8-4-2-3-5-9(8)15-6-7-16-11-13-10(12)17-14-11/h2-5H,6-7H2,1H3,(H2,12,13,14). The van der Waals surface area contributed by atoms with Crippen LogP contribution in [0.5, 0.6) is 5.75 Å². The highest BCUT2D eigenvalue weighted by atomic mass is 32.2. The van der Waals surface area contributed by atoms with Gasteiger partial charge in [-0.15, -0.1) is 0 Å². The lowest BCUT2D eigenvalue weighted by Crippen LogP contribution is -2.01. The lowest BCUT2D eigenvalue weighted by molar-refractivity contribution is 0.341. The molecule has 2 N–H and O–H groups in total. The molecule has 0 radical (unpaired) electrons. The van der Waals surface area contributed by atoms with Crippen molar-refractivity contribution in [3.8, 4) is 5.75 Å². The van der Waals surface area contributed by atoms with Gasteiger partial charge in [-0.25, -0.2) is 0 Å². The van der Waals surface area contributed by atoms with Crippen LogP contribution < -0.4 is 10.5 Å². The molecule has 1 heterocycles. The molecule has 0 aliphatic carbocycles. The molecule has 6 heteroatoms. The summed E-state index contributed by atoms with van der Waals surface area (Å²) in [5, 5.41) is 1.23. The summed E-state index contributed by atoms with van der Waals surface area (Å²) in [5.74, 6) is 1.74. The van der Waals surface area contributed by atoms with Gasteiger partial charge in [0, 0.05) is 17.3 Å². The number of thioether (sulfide) groups is 1. The fraction of sp³-hybridized carbons (Fsp3) is 0.273. The Morgan fingerprint density at radius 2 is 2.24 bits per heavy atom. The number of nitrogen functional groups attached to an aromatic ring is 1. The number of aryl methyl sites for hydroxylation is 1. The summed E-state index contributed by atoms with van der Waals surface area (Å²) in [7, 11) is 0. The van der Waals surface area contributed by atoms with Gasteiger partial charge in [0.25, 0.3) is 0 Å². The van der Waals surface area contributed by atoms with E-state index in [0.29, 0.717) is 11.7 Å². The normalized spacial score (nSPS) is 10.4. The number of hydrogen-bond donors (Lipinski definition) is 1. The molecule has 4 nitrogen and oxygen atoms in total. The van der Waals surface area contributed by atoms with Gasteiger partial charge in [0.15, 0.2) is 0 Å². The number of hydrogen-bond acceptors (Lipinski definition) is 6. The first-order chi connectivity index (χ1) is 8.25. The number of para-hydroxylation sites is 1. The van der Waals surface area contributed by atoms with Crippen molar-refractivity contribution < 1.29 is 4.74 Å². The van der Waals surface area contributed by atoms with Gasteiger partial charge in [-0.2, -0.15) is 9.36 Å². The molecule has 0 aliphatic rings. The minimum Gasteiger partial charge on any atom is -0.492 e. The van der Waals surface area contributed by atoms with E-state index >= 15 is 0 Å². The molecule has 0 amide bonds. The van der Waals surface area contributed by atoms with Crippen molar-refractivity contribution in [2.75, 3.05) is 18.1 Å². The highest BCUT2D eigenvalue weighted by Crippen LogP contribution is 2.19. The van der Waals surface area contributed by atoms with Crippen LogP contribution in [0.1, 0.15) is 5.56 Å². The fourth-order valence-corrected chi connectivity index (χ4v) is 2.51. The Bertz CT molecular complexity index is 487. The van der Waals surface area contributed by atoms with Crippen molar-refractivity contribution in [2.45, 2.75) is 12.1 Å². The van der Waals surface area contributed by atoms with Crippen LogP contribution in [0.25, 0.3) is 0 Å². The largest absolute Gasteiger partial charge is 0.492 e. The Labute approximate surface area is 108 Å². The highest BCUT2D eigenvalue weighted by molar-refractivity contribution is 7.99. The van der Waals surface area contributed by atoms with Gasteiger partial charge >= 0.3 is 0 Å². The maximum absolute atomic E-state index is 5.66. The molecule has 0 fully saturated rings. The SMILES string of the molecule is Cc1ccccc1OCCSc1nsc(N)n1. The number of aromatic nitrogens is 2. The number of ether oxygens (including phenoxy) is 1. The van der Waals surface area contributed by atoms with Crippen LogP contribution in [0.15, 0.2) is 29.4 Å². The van der Waals surface area contributed by atoms with Gasteiger partial charge in [-0.05, 0) is 18.6 Å². The van der Waals surface area contributed by atoms with E-state index in [1.165, 1.54) is 11.5 Å². The van der Waals surface area contributed by atoms with Gasteiger partial charge in [0.1, 0.15) is 5.75 Å². The van der Waals surface area contributed by atoms with Crippen LogP contribution in [-0.4, -0.2) is 21.7 Å². The summed E-state index contributed by atoms with van der Waals surface area (Å²) in [4.78, 5) is 4.07. The average Bonchev–Trinajstić information content (AvgIpc) is 2.73. The molecule has 0 saturated heterocycles. The van der Waals surface area contributed by atoms with Gasteiger partial charge in [-0.1, -0.05) is 30.0 Å². The third kappa shape index (κ3) is 3.61. The topological polar surface area (TPSA) is 61.0 Å². The van der Waals surface area contributed by atoms with Crippen molar-refractivity contribution in [1.29, 1.82) is 0 Å². The Hall–Kier alpha value is -1.27. The molecule has 17 heavy (non-hydrogen) atoms. The number of nitrogens with two attached hydrogens (primary N) is 1. The third-order valence-corrected chi connectivity index (χ3v) is 3.56. The van der Waals surface area contributed by atoms with E-state index < -0.39 is 0 Å². The molecule has 0 aliphatic heterocycles. The molecule has 1 aromatic heterocycles. The third-order valence-electron chi connectivity index (χ3n) is 2.09. The Balaban J connectivity index is 1.75. The first-order valence-electron chi connectivity index (χ1n) is 5.16. The number of benzene rings is 1. The molecular formula is C11H13N3OS2.